The summed E-state index contributed by atoms with van der Waals surface area (Å²) in [6.45, 7) is 0. The van der Waals surface area contributed by atoms with Crippen LogP contribution >= 0.6 is 11.6 Å². The molecule has 0 saturated heterocycles. The lowest BCUT2D eigenvalue weighted by Gasteiger charge is -2.20. The van der Waals surface area contributed by atoms with E-state index in [-0.39, 0.29) is 16.7 Å². The van der Waals surface area contributed by atoms with Crippen LogP contribution in [0.15, 0.2) is 48.8 Å². The van der Waals surface area contributed by atoms with E-state index < -0.39 is 18.1 Å². The molecule has 0 radical (unpaired) electrons. The normalized spacial score (nSPS) is 13.0. The number of amides is 1. The van der Waals surface area contributed by atoms with Crippen LogP contribution in [0.4, 0.5) is 13.2 Å². The minimum absolute atomic E-state index is 0.0298. The lowest BCUT2D eigenvalue weighted by Crippen LogP contribution is -2.39. The standard InChI is InChI=1S/C15H10ClF3N4O/c16-12-10-6-2-4-8-23(10)13(22-12)14(24)21-11(15(17,18)19)9-5-1-3-7-20-9/h1-8,11H,(H,21,24). The number of aromatic nitrogens is 3. The molecular weight excluding hydrogens is 345 g/mol. The van der Waals surface area contributed by atoms with Gasteiger partial charge in [-0.1, -0.05) is 23.7 Å². The summed E-state index contributed by atoms with van der Waals surface area (Å²) in [5.41, 5.74) is 0.107. The number of alkyl halides is 3. The van der Waals surface area contributed by atoms with Gasteiger partial charge in [-0.05, 0) is 24.3 Å². The number of hydrogen-bond acceptors (Lipinski definition) is 3. The van der Waals surface area contributed by atoms with E-state index in [1.165, 1.54) is 35.0 Å². The SMILES string of the molecule is O=C(NC(c1ccccn1)C(F)(F)F)c1nc(Cl)c2ccccn12. The second kappa shape index (κ2) is 6.12. The van der Waals surface area contributed by atoms with Gasteiger partial charge in [0.25, 0.3) is 5.91 Å². The van der Waals surface area contributed by atoms with Crippen molar-refractivity contribution in [1.82, 2.24) is 19.7 Å². The van der Waals surface area contributed by atoms with Crippen LogP contribution in [0, 0.1) is 0 Å². The Morgan fingerprint density at radius 2 is 1.96 bits per heavy atom. The predicted molar refractivity (Wildman–Crippen MR) is 80.7 cm³/mol. The van der Waals surface area contributed by atoms with Crippen molar-refractivity contribution in [2.45, 2.75) is 12.2 Å². The first-order valence-corrected chi connectivity index (χ1v) is 7.17. The highest BCUT2D eigenvalue weighted by atomic mass is 35.5. The Morgan fingerprint density at radius 3 is 2.62 bits per heavy atom. The summed E-state index contributed by atoms with van der Waals surface area (Å²) in [7, 11) is 0. The average Bonchev–Trinajstić information content (AvgIpc) is 2.90. The molecule has 0 aromatic carbocycles. The first-order chi connectivity index (χ1) is 11.4. The van der Waals surface area contributed by atoms with Crippen molar-refractivity contribution in [1.29, 1.82) is 0 Å². The van der Waals surface area contributed by atoms with E-state index in [1.54, 1.807) is 18.2 Å². The molecule has 24 heavy (non-hydrogen) atoms. The average molecular weight is 355 g/mol. The van der Waals surface area contributed by atoms with Crippen LogP contribution in [-0.4, -0.2) is 26.5 Å². The van der Waals surface area contributed by atoms with E-state index in [2.05, 4.69) is 9.97 Å². The number of carbonyl (C=O) groups is 1. The van der Waals surface area contributed by atoms with E-state index in [0.717, 1.165) is 0 Å². The number of carbonyl (C=O) groups excluding carboxylic acids is 1. The summed E-state index contributed by atoms with van der Waals surface area (Å²) in [4.78, 5) is 19.8. The first-order valence-electron chi connectivity index (χ1n) is 6.79. The maximum atomic E-state index is 13.3. The molecule has 1 N–H and O–H groups in total. The Labute approximate surface area is 139 Å². The van der Waals surface area contributed by atoms with E-state index in [0.29, 0.717) is 5.52 Å². The predicted octanol–water partition coefficient (Wildman–Crippen LogP) is 3.42. The molecule has 0 aliphatic carbocycles. The molecule has 1 atom stereocenters. The molecule has 3 aromatic rings. The molecule has 3 heterocycles. The third-order valence-electron chi connectivity index (χ3n) is 3.29. The molecule has 9 heteroatoms. The van der Waals surface area contributed by atoms with Crippen LogP contribution in [0.5, 0.6) is 0 Å². The molecule has 3 rings (SSSR count). The van der Waals surface area contributed by atoms with Crippen LogP contribution in [0.25, 0.3) is 5.52 Å². The van der Waals surface area contributed by atoms with Gasteiger partial charge >= 0.3 is 6.18 Å². The van der Waals surface area contributed by atoms with Gasteiger partial charge in [0.2, 0.25) is 5.82 Å². The molecule has 0 saturated carbocycles. The zero-order chi connectivity index (χ0) is 17.3. The van der Waals surface area contributed by atoms with Crippen LogP contribution in [0.2, 0.25) is 5.15 Å². The summed E-state index contributed by atoms with van der Waals surface area (Å²) >= 11 is 5.92. The molecule has 0 aliphatic heterocycles. The molecule has 1 unspecified atom stereocenters. The smallest absolute Gasteiger partial charge is 0.333 e. The number of pyridine rings is 2. The molecule has 5 nitrogen and oxygen atoms in total. The molecule has 3 aromatic heterocycles. The second-order valence-electron chi connectivity index (χ2n) is 4.88. The van der Waals surface area contributed by atoms with Crippen molar-refractivity contribution in [3.63, 3.8) is 0 Å². The highest BCUT2D eigenvalue weighted by molar-refractivity contribution is 6.33. The van der Waals surface area contributed by atoms with Gasteiger partial charge in [0.05, 0.1) is 11.2 Å². The fourth-order valence-electron chi connectivity index (χ4n) is 2.23. The molecular formula is C15H10ClF3N4O. The van der Waals surface area contributed by atoms with E-state index in [4.69, 9.17) is 11.6 Å². The van der Waals surface area contributed by atoms with Gasteiger partial charge in [0, 0.05) is 12.4 Å². The van der Waals surface area contributed by atoms with Crippen LogP contribution < -0.4 is 5.32 Å². The van der Waals surface area contributed by atoms with E-state index in [1.807, 2.05) is 5.32 Å². The zero-order valence-electron chi connectivity index (χ0n) is 12.0. The van der Waals surface area contributed by atoms with Crippen molar-refractivity contribution >= 4 is 23.0 Å². The molecule has 0 spiro atoms. The Hall–Kier alpha value is -2.61. The van der Waals surface area contributed by atoms with Crippen molar-refractivity contribution in [2.75, 3.05) is 0 Å². The van der Waals surface area contributed by atoms with E-state index >= 15 is 0 Å². The number of fused-ring (bicyclic) bond motifs is 1. The Bertz CT molecular complexity index is 879. The lowest BCUT2D eigenvalue weighted by atomic mass is 10.1. The Morgan fingerprint density at radius 1 is 1.21 bits per heavy atom. The minimum Gasteiger partial charge on any atom is -0.333 e. The second-order valence-corrected chi connectivity index (χ2v) is 5.24. The quantitative estimate of drug-likeness (QED) is 0.784. The summed E-state index contributed by atoms with van der Waals surface area (Å²) in [6.07, 6.45) is -1.99. The number of nitrogens with one attached hydrogen (secondary N) is 1. The van der Waals surface area contributed by atoms with Crippen molar-refractivity contribution in [3.8, 4) is 0 Å². The van der Waals surface area contributed by atoms with E-state index in [9.17, 15) is 18.0 Å². The fourth-order valence-corrected chi connectivity index (χ4v) is 2.46. The number of hydrogen-bond donors (Lipinski definition) is 1. The minimum atomic E-state index is -4.71. The van der Waals surface area contributed by atoms with Crippen molar-refractivity contribution < 1.29 is 18.0 Å². The van der Waals surface area contributed by atoms with Gasteiger partial charge in [-0.3, -0.25) is 14.2 Å². The van der Waals surface area contributed by atoms with Gasteiger partial charge in [-0.25, -0.2) is 4.98 Å². The number of rotatable bonds is 3. The number of nitrogens with zero attached hydrogens (tertiary/aromatic N) is 3. The highest BCUT2D eigenvalue weighted by Crippen LogP contribution is 2.32. The summed E-state index contributed by atoms with van der Waals surface area (Å²) in [5, 5.41) is 1.96. The largest absolute Gasteiger partial charge is 0.414 e. The molecule has 0 fully saturated rings. The summed E-state index contributed by atoms with van der Waals surface area (Å²) in [5.74, 6) is -1.24. The molecule has 124 valence electrons. The maximum Gasteiger partial charge on any atom is 0.414 e. The summed E-state index contributed by atoms with van der Waals surface area (Å²) < 4.78 is 41.2. The third kappa shape index (κ3) is 3.05. The monoisotopic (exact) mass is 354 g/mol. The van der Waals surface area contributed by atoms with Crippen molar-refractivity contribution in [3.05, 3.63) is 65.5 Å². The summed E-state index contributed by atoms with van der Waals surface area (Å²) in [6, 6.07) is 6.73. The van der Waals surface area contributed by atoms with Gasteiger partial charge in [0.1, 0.15) is 0 Å². The van der Waals surface area contributed by atoms with Crippen LogP contribution in [-0.2, 0) is 0 Å². The maximum absolute atomic E-state index is 13.3. The first kappa shape index (κ1) is 16.3. The highest BCUT2D eigenvalue weighted by Gasteiger charge is 2.43. The van der Waals surface area contributed by atoms with Crippen molar-refractivity contribution in [2.24, 2.45) is 0 Å². The van der Waals surface area contributed by atoms with Gasteiger partial charge in [0.15, 0.2) is 11.2 Å². The molecule has 0 bridgehead atoms. The zero-order valence-corrected chi connectivity index (χ0v) is 12.7. The molecule has 1 amide bonds. The van der Waals surface area contributed by atoms with Gasteiger partial charge in [-0.2, -0.15) is 13.2 Å². The van der Waals surface area contributed by atoms with Gasteiger partial charge in [-0.15, -0.1) is 0 Å². The number of imidazole rings is 1. The van der Waals surface area contributed by atoms with Crippen LogP contribution in [0.3, 0.4) is 0 Å². The van der Waals surface area contributed by atoms with Crippen LogP contribution in [0.1, 0.15) is 22.4 Å². The number of halogens is 4. The molecule has 0 aliphatic rings. The fraction of sp³-hybridized carbons (Fsp3) is 0.133. The topological polar surface area (TPSA) is 59.3 Å². The third-order valence-corrected chi connectivity index (χ3v) is 3.57. The van der Waals surface area contributed by atoms with Gasteiger partial charge < -0.3 is 5.32 Å². The lowest BCUT2D eigenvalue weighted by molar-refractivity contribution is -0.156. The Kier molecular flexibility index (Phi) is 4.15. The Balaban J connectivity index is 1.97.